The van der Waals surface area contributed by atoms with Crippen molar-refractivity contribution < 1.29 is 4.79 Å². The minimum absolute atomic E-state index is 0.0138. The van der Waals surface area contributed by atoms with E-state index in [1.54, 1.807) is 10.9 Å². The molecule has 0 spiro atoms. The third-order valence-electron chi connectivity index (χ3n) is 4.18. The molecule has 0 bridgehead atoms. The summed E-state index contributed by atoms with van der Waals surface area (Å²) in [5.41, 5.74) is 1.39. The highest BCUT2D eigenvalue weighted by molar-refractivity contribution is 6.04. The average molecular weight is 296 g/mol. The van der Waals surface area contributed by atoms with Crippen molar-refractivity contribution in [3.63, 3.8) is 0 Å². The number of carbonyl (C=O) groups is 1. The van der Waals surface area contributed by atoms with Gasteiger partial charge in [-0.2, -0.15) is 5.10 Å². The van der Waals surface area contributed by atoms with Gasteiger partial charge >= 0.3 is 0 Å². The van der Waals surface area contributed by atoms with Gasteiger partial charge < -0.3 is 4.90 Å². The molecule has 2 aromatic heterocycles. The molecule has 4 rings (SSSR count). The van der Waals surface area contributed by atoms with Crippen molar-refractivity contribution in [1.82, 2.24) is 30.1 Å². The van der Waals surface area contributed by atoms with Gasteiger partial charge in [-0.25, -0.2) is 0 Å². The molecule has 0 radical (unpaired) electrons. The Labute approximate surface area is 126 Å². The molecule has 112 valence electrons. The maximum Gasteiger partial charge on any atom is 0.275 e. The van der Waals surface area contributed by atoms with Crippen LogP contribution in [0.3, 0.4) is 0 Å². The van der Waals surface area contributed by atoms with Gasteiger partial charge in [0.05, 0.1) is 24.3 Å². The molecule has 1 fully saturated rings. The molecule has 0 aliphatic carbocycles. The van der Waals surface area contributed by atoms with Gasteiger partial charge in [-0.15, -0.1) is 5.10 Å². The van der Waals surface area contributed by atoms with E-state index in [-0.39, 0.29) is 11.9 Å². The van der Waals surface area contributed by atoms with Crippen LogP contribution in [0, 0.1) is 0 Å². The Balaban J connectivity index is 1.61. The first-order chi connectivity index (χ1) is 10.8. The molecule has 3 heterocycles. The van der Waals surface area contributed by atoms with Crippen molar-refractivity contribution in [3.05, 3.63) is 42.4 Å². The monoisotopic (exact) mass is 296 g/mol. The highest BCUT2D eigenvalue weighted by atomic mass is 16.2. The number of H-pyrrole nitrogens is 1. The number of fused-ring (bicyclic) bond motifs is 1. The lowest BCUT2D eigenvalue weighted by Gasteiger charge is -2.23. The smallest absolute Gasteiger partial charge is 0.275 e. The molecule has 0 saturated carbocycles. The zero-order valence-corrected chi connectivity index (χ0v) is 12.0. The number of para-hydroxylation sites is 1. The number of aromatic nitrogens is 5. The zero-order valence-electron chi connectivity index (χ0n) is 12.0. The van der Waals surface area contributed by atoms with Crippen molar-refractivity contribution in [2.24, 2.45) is 0 Å². The number of benzene rings is 1. The normalized spacial score (nSPS) is 18.2. The standard InChI is InChI=1S/C15H16N6O/c22-15(14-12-5-1-2-6-13(12)17-18-14)21-8-3-4-11(21)10-20-9-7-16-19-20/h1-2,5-7,9,11H,3-4,8,10H2,(H,17,18)/t11-/m0/s1. The fourth-order valence-corrected chi connectivity index (χ4v) is 3.10. The van der Waals surface area contributed by atoms with E-state index in [0.717, 1.165) is 30.3 Å². The molecule has 7 nitrogen and oxygen atoms in total. The van der Waals surface area contributed by atoms with Gasteiger partial charge in [0, 0.05) is 18.1 Å². The van der Waals surface area contributed by atoms with Crippen LogP contribution in [0.4, 0.5) is 0 Å². The van der Waals surface area contributed by atoms with Crippen molar-refractivity contribution >= 4 is 16.8 Å². The summed E-state index contributed by atoms with van der Waals surface area (Å²) >= 11 is 0. The van der Waals surface area contributed by atoms with Crippen LogP contribution in [-0.2, 0) is 6.54 Å². The predicted molar refractivity (Wildman–Crippen MR) is 80.2 cm³/mol. The van der Waals surface area contributed by atoms with E-state index in [4.69, 9.17) is 0 Å². The van der Waals surface area contributed by atoms with Crippen LogP contribution in [0.1, 0.15) is 23.3 Å². The lowest BCUT2D eigenvalue weighted by Crippen LogP contribution is -2.38. The van der Waals surface area contributed by atoms with Crippen molar-refractivity contribution in [3.8, 4) is 0 Å². The van der Waals surface area contributed by atoms with Crippen LogP contribution in [0.25, 0.3) is 10.9 Å². The molecule has 7 heteroatoms. The lowest BCUT2D eigenvalue weighted by atomic mass is 10.1. The minimum atomic E-state index is -0.0138. The second kappa shape index (κ2) is 5.25. The van der Waals surface area contributed by atoms with Crippen LogP contribution in [0.2, 0.25) is 0 Å². The summed E-state index contributed by atoms with van der Waals surface area (Å²) in [6, 6.07) is 7.85. The lowest BCUT2D eigenvalue weighted by molar-refractivity contribution is 0.0717. The van der Waals surface area contributed by atoms with E-state index in [1.165, 1.54) is 0 Å². The van der Waals surface area contributed by atoms with Gasteiger partial charge in [-0.05, 0) is 18.9 Å². The number of carbonyl (C=O) groups excluding carboxylic acids is 1. The third kappa shape index (κ3) is 2.14. The van der Waals surface area contributed by atoms with E-state index in [9.17, 15) is 4.79 Å². The number of rotatable bonds is 3. The number of hydrogen-bond acceptors (Lipinski definition) is 4. The number of aromatic amines is 1. The van der Waals surface area contributed by atoms with Crippen LogP contribution >= 0.6 is 0 Å². The molecule has 0 unspecified atom stereocenters. The van der Waals surface area contributed by atoms with E-state index < -0.39 is 0 Å². The van der Waals surface area contributed by atoms with Crippen molar-refractivity contribution in [2.75, 3.05) is 6.54 Å². The summed E-state index contributed by atoms with van der Waals surface area (Å²) in [7, 11) is 0. The molecule has 1 aliphatic rings. The Kier molecular flexibility index (Phi) is 3.10. The second-order valence-electron chi connectivity index (χ2n) is 5.54. The SMILES string of the molecule is O=C(c1n[nH]c2ccccc12)N1CCC[C@H]1Cn1ccnn1. The summed E-state index contributed by atoms with van der Waals surface area (Å²) in [6.07, 6.45) is 5.47. The Morgan fingerprint density at radius 3 is 3.14 bits per heavy atom. The Morgan fingerprint density at radius 2 is 2.27 bits per heavy atom. The molecule has 3 aromatic rings. The summed E-state index contributed by atoms with van der Waals surface area (Å²) in [5.74, 6) is -0.0138. The Morgan fingerprint density at radius 1 is 1.36 bits per heavy atom. The average Bonchev–Trinajstić information content (AvgIpc) is 3.27. The number of nitrogens with one attached hydrogen (secondary N) is 1. The van der Waals surface area contributed by atoms with Crippen LogP contribution < -0.4 is 0 Å². The number of amides is 1. The molecule has 1 saturated heterocycles. The van der Waals surface area contributed by atoms with Gasteiger partial charge in [0.25, 0.3) is 5.91 Å². The molecule has 1 aliphatic heterocycles. The van der Waals surface area contributed by atoms with Gasteiger partial charge in [0.2, 0.25) is 0 Å². The molecule has 1 N–H and O–H groups in total. The molecule has 1 amide bonds. The van der Waals surface area contributed by atoms with Gasteiger partial charge in [-0.3, -0.25) is 14.6 Å². The number of nitrogens with zero attached hydrogens (tertiary/aromatic N) is 5. The molecule has 1 atom stereocenters. The third-order valence-corrected chi connectivity index (χ3v) is 4.18. The summed E-state index contributed by atoms with van der Waals surface area (Å²) in [4.78, 5) is 14.8. The molecule has 1 aromatic carbocycles. The second-order valence-corrected chi connectivity index (χ2v) is 5.54. The Hall–Kier alpha value is -2.70. The van der Waals surface area contributed by atoms with Crippen molar-refractivity contribution in [2.45, 2.75) is 25.4 Å². The first-order valence-corrected chi connectivity index (χ1v) is 7.41. The Bertz CT molecular complexity index is 793. The first-order valence-electron chi connectivity index (χ1n) is 7.41. The largest absolute Gasteiger partial charge is 0.332 e. The van der Waals surface area contributed by atoms with Gasteiger partial charge in [0.15, 0.2) is 5.69 Å². The molecular weight excluding hydrogens is 280 g/mol. The van der Waals surface area contributed by atoms with Gasteiger partial charge in [0.1, 0.15) is 0 Å². The highest BCUT2D eigenvalue weighted by Crippen LogP contribution is 2.23. The maximum absolute atomic E-state index is 12.9. The fraction of sp³-hybridized carbons (Fsp3) is 0.333. The molecule has 22 heavy (non-hydrogen) atoms. The van der Waals surface area contributed by atoms with Crippen LogP contribution in [0.5, 0.6) is 0 Å². The van der Waals surface area contributed by atoms with Crippen LogP contribution in [0.15, 0.2) is 36.7 Å². The van der Waals surface area contributed by atoms with Crippen molar-refractivity contribution in [1.29, 1.82) is 0 Å². The zero-order chi connectivity index (χ0) is 14.9. The molecular formula is C15H16N6O. The van der Waals surface area contributed by atoms with E-state index >= 15 is 0 Å². The van der Waals surface area contributed by atoms with Crippen LogP contribution in [-0.4, -0.2) is 48.6 Å². The van der Waals surface area contributed by atoms with E-state index in [1.807, 2.05) is 35.4 Å². The van der Waals surface area contributed by atoms with Gasteiger partial charge in [-0.1, -0.05) is 23.4 Å². The minimum Gasteiger partial charge on any atom is -0.332 e. The highest BCUT2D eigenvalue weighted by Gasteiger charge is 2.31. The number of likely N-dealkylation sites (tertiary alicyclic amines) is 1. The summed E-state index contributed by atoms with van der Waals surface area (Å²) in [5, 5.41) is 15.8. The fourth-order valence-electron chi connectivity index (χ4n) is 3.10. The van der Waals surface area contributed by atoms with E-state index in [2.05, 4.69) is 20.5 Å². The topological polar surface area (TPSA) is 79.7 Å². The first kappa shape index (κ1) is 13.0. The number of hydrogen-bond donors (Lipinski definition) is 1. The quantitative estimate of drug-likeness (QED) is 0.793. The maximum atomic E-state index is 12.9. The predicted octanol–water partition coefficient (Wildman–Crippen LogP) is 1.46. The van der Waals surface area contributed by atoms with E-state index in [0.29, 0.717) is 12.2 Å². The summed E-state index contributed by atoms with van der Waals surface area (Å²) in [6.45, 7) is 1.44. The summed E-state index contributed by atoms with van der Waals surface area (Å²) < 4.78 is 1.78.